The molecule has 2 aromatic rings. The lowest BCUT2D eigenvalue weighted by Gasteiger charge is -1.99. The zero-order valence-corrected chi connectivity index (χ0v) is 8.90. The Morgan fingerprint density at radius 2 is 2.50 bits per heavy atom. The van der Waals surface area contributed by atoms with Crippen LogP contribution in [0.5, 0.6) is 0 Å². The maximum Gasteiger partial charge on any atom is 0.271 e. The van der Waals surface area contributed by atoms with Gasteiger partial charge in [-0.15, -0.1) is 22.7 Å². The number of thiophene rings is 1. The number of hydrogen-bond donors (Lipinski definition) is 1. The Kier molecular flexibility index (Phi) is 2.90. The number of hydrogen-bond acceptors (Lipinski definition) is 4. The van der Waals surface area contributed by atoms with E-state index in [-0.39, 0.29) is 5.91 Å². The molecule has 0 aliphatic heterocycles. The molecular weight excluding hydrogens is 216 g/mol. The summed E-state index contributed by atoms with van der Waals surface area (Å²) in [5.41, 5.74) is 2.15. The number of amides is 1. The molecule has 3 nitrogen and oxygen atoms in total. The summed E-state index contributed by atoms with van der Waals surface area (Å²) in [7, 11) is 0. The van der Waals surface area contributed by atoms with Crippen LogP contribution in [0.3, 0.4) is 0 Å². The molecule has 0 bridgehead atoms. The van der Waals surface area contributed by atoms with Gasteiger partial charge in [-0.05, 0) is 11.4 Å². The summed E-state index contributed by atoms with van der Waals surface area (Å²) in [5, 5.41) is 6.53. The molecule has 0 saturated carbocycles. The number of aromatic nitrogens is 1. The molecule has 0 spiro atoms. The zero-order chi connectivity index (χ0) is 9.80. The van der Waals surface area contributed by atoms with Crippen molar-refractivity contribution in [2.24, 2.45) is 0 Å². The van der Waals surface area contributed by atoms with Crippen molar-refractivity contribution >= 4 is 28.6 Å². The molecule has 0 radical (unpaired) electrons. The third-order valence-electron chi connectivity index (χ3n) is 1.67. The molecule has 0 aliphatic rings. The highest BCUT2D eigenvalue weighted by Crippen LogP contribution is 2.08. The predicted octanol–water partition coefficient (Wildman–Crippen LogP) is 2.13. The summed E-state index contributed by atoms with van der Waals surface area (Å²) in [6.07, 6.45) is 0. The third kappa shape index (κ3) is 2.18. The normalized spacial score (nSPS) is 10.0. The molecule has 14 heavy (non-hydrogen) atoms. The van der Waals surface area contributed by atoms with Gasteiger partial charge in [0.15, 0.2) is 0 Å². The molecule has 2 aromatic heterocycles. The number of nitrogens with one attached hydrogen (secondary N) is 1. The first kappa shape index (κ1) is 9.36. The van der Waals surface area contributed by atoms with Gasteiger partial charge < -0.3 is 5.32 Å². The fourth-order valence-electron chi connectivity index (χ4n) is 0.996. The second-order valence-corrected chi connectivity index (χ2v) is 4.39. The van der Waals surface area contributed by atoms with E-state index >= 15 is 0 Å². The molecule has 5 heteroatoms. The number of nitrogens with zero attached hydrogens (tertiary/aromatic N) is 1. The van der Waals surface area contributed by atoms with Gasteiger partial charge in [0.2, 0.25) is 0 Å². The summed E-state index contributed by atoms with van der Waals surface area (Å²) in [6, 6.07) is 3.96. The highest BCUT2D eigenvalue weighted by Gasteiger charge is 2.06. The lowest BCUT2D eigenvalue weighted by molar-refractivity contribution is 0.0947. The second-order valence-electron chi connectivity index (χ2n) is 2.64. The summed E-state index contributed by atoms with van der Waals surface area (Å²) in [4.78, 5) is 16.5. The summed E-state index contributed by atoms with van der Waals surface area (Å²) >= 11 is 3.05. The van der Waals surface area contributed by atoms with E-state index in [1.807, 2.05) is 17.5 Å². The molecule has 1 amide bonds. The van der Waals surface area contributed by atoms with Gasteiger partial charge in [-0.3, -0.25) is 4.79 Å². The molecule has 72 valence electrons. The molecular formula is C9H8N2OS2. The fourth-order valence-corrected chi connectivity index (χ4v) is 2.17. The van der Waals surface area contributed by atoms with Crippen molar-refractivity contribution in [2.75, 3.05) is 0 Å². The first-order valence-corrected chi connectivity index (χ1v) is 5.87. The lowest BCUT2D eigenvalue weighted by Crippen LogP contribution is -2.22. The van der Waals surface area contributed by atoms with Crippen LogP contribution in [-0.2, 0) is 6.54 Å². The monoisotopic (exact) mass is 224 g/mol. The van der Waals surface area contributed by atoms with E-state index in [0.717, 1.165) is 4.88 Å². The zero-order valence-electron chi connectivity index (χ0n) is 7.27. The van der Waals surface area contributed by atoms with Gasteiger partial charge in [-0.25, -0.2) is 4.98 Å². The van der Waals surface area contributed by atoms with Crippen LogP contribution in [0.2, 0.25) is 0 Å². The fraction of sp³-hybridized carbons (Fsp3) is 0.111. The quantitative estimate of drug-likeness (QED) is 0.867. The largest absolute Gasteiger partial charge is 0.346 e. The summed E-state index contributed by atoms with van der Waals surface area (Å²) < 4.78 is 0. The molecule has 2 heterocycles. The van der Waals surface area contributed by atoms with Crippen LogP contribution in [0.15, 0.2) is 28.4 Å². The Morgan fingerprint density at radius 1 is 1.57 bits per heavy atom. The van der Waals surface area contributed by atoms with Gasteiger partial charge in [0.1, 0.15) is 5.69 Å². The Bertz CT molecular complexity index is 394. The Hall–Kier alpha value is -1.20. The maximum absolute atomic E-state index is 11.4. The lowest BCUT2D eigenvalue weighted by atomic mass is 10.4. The molecule has 2 rings (SSSR count). The van der Waals surface area contributed by atoms with Gasteiger partial charge in [-0.1, -0.05) is 6.07 Å². The minimum absolute atomic E-state index is 0.111. The van der Waals surface area contributed by atoms with Crippen molar-refractivity contribution < 1.29 is 4.79 Å². The first-order valence-electron chi connectivity index (χ1n) is 4.05. The Balaban J connectivity index is 1.90. The molecule has 0 unspecified atom stereocenters. The third-order valence-corrected chi connectivity index (χ3v) is 3.13. The van der Waals surface area contributed by atoms with E-state index < -0.39 is 0 Å². The molecule has 0 fully saturated rings. The van der Waals surface area contributed by atoms with E-state index in [4.69, 9.17) is 0 Å². The van der Waals surface area contributed by atoms with Crippen molar-refractivity contribution in [3.05, 3.63) is 39.0 Å². The van der Waals surface area contributed by atoms with Gasteiger partial charge in [0, 0.05) is 10.3 Å². The van der Waals surface area contributed by atoms with Crippen molar-refractivity contribution in [2.45, 2.75) is 6.54 Å². The van der Waals surface area contributed by atoms with Gasteiger partial charge >= 0.3 is 0 Å². The van der Waals surface area contributed by atoms with Crippen molar-refractivity contribution in [3.8, 4) is 0 Å². The van der Waals surface area contributed by atoms with Gasteiger partial charge in [0.25, 0.3) is 5.91 Å². The molecule has 0 aliphatic carbocycles. The van der Waals surface area contributed by atoms with E-state index in [1.54, 1.807) is 22.2 Å². The van der Waals surface area contributed by atoms with Crippen molar-refractivity contribution in [3.63, 3.8) is 0 Å². The number of carbonyl (C=O) groups excluding carboxylic acids is 1. The van der Waals surface area contributed by atoms with E-state index in [2.05, 4.69) is 10.3 Å². The number of carbonyl (C=O) groups is 1. The standard InChI is InChI=1S/C9H8N2OS2/c12-9(8-5-13-6-11-8)10-4-7-2-1-3-14-7/h1-3,5-6H,4H2,(H,10,12). The van der Waals surface area contributed by atoms with Gasteiger partial charge in [-0.2, -0.15) is 0 Å². The van der Waals surface area contributed by atoms with Crippen LogP contribution in [0.4, 0.5) is 0 Å². The maximum atomic E-state index is 11.4. The van der Waals surface area contributed by atoms with Crippen LogP contribution in [0.25, 0.3) is 0 Å². The minimum atomic E-state index is -0.111. The van der Waals surface area contributed by atoms with Crippen LogP contribution in [-0.4, -0.2) is 10.9 Å². The smallest absolute Gasteiger partial charge is 0.271 e. The van der Waals surface area contributed by atoms with Crippen LogP contribution >= 0.6 is 22.7 Å². The minimum Gasteiger partial charge on any atom is -0.346 e. The molecule has 0 atom stereocenters. The average molecular weight is 224 g/mol. The van der Waals surface area contributed by atoms with Crippen LogP contribution in [0.1, 0.15) is 15.4 Å². The molecule has 0 saturated heterocycles. The average Bonchev–Trinajstić information content (AvgIpc) is 2.87. The highest BCUT2D eigenvalue weighted by molar-refractivity contribution is 7.09. The highest BCUT2D eigenvalue weighted by atomic mass is 32.1. The summed E-state index contributed by atoms with van der Waals surface area (Å²) in [6.45, 7) is 0.577. The Labute approximate surface area is 89.4 Å². The van der Waals surface area contributed by atoms with Gasteiger partial charge in [0.05, 0.1) is 12.1 Å². The topological polar surface area (TPSA) is 42.0 Å². The Morgan fingerprint density at radius 3 is 3.14 bits per heavy atom. The first-order chi connectivity index (χ1) is 6.86. The van der Waals surface area contributed by atoms with E-state index in [9.17, 15) is 4.79 Å². The van der Waals surface area contributed by atoms with E-state index in [1.165, 1.54) is 11.3 Å². The number of rotatable bonds is 3. The predicted molar refractivity (Wildman–Crippen MR) is 57.6 cm³/mol. The molecule has 1 N–H and O–H groups in total. The van der Waals surface area contributed by atoms with Crippen LogP contribution in [0, 0.1) is 0 Å². The second kappa shape index (κ2) is 4.34. The molecule has 0 aromatic carbocycles. The van der Waals surface area contributed by atoms with Crippen molar-refractivity contribution in [1.29, 1.82) is 0 Å². The van der Waals surface area contributed by atoms with E-state index in [0.29, 0.717) is 12.2 Å². The SMILES string of the molecule is O=C(NCc1cccs1)c1cscn1. The van der Waals surface area contributed by atoms with Crippen molar-refractivity contribution in [1.82, 2.24) is 10.3 Å². The number of thiazole rings is 1. The van der Waals surface area contributed by atoms with Crippen LogP contribution < -0.4 is 5.32 Å². The summed E-state index contributed by atoms with van der Waals surface area (Å²) in [5.74, 6) is -0.111.